The number of nitrogens with zero attached hydrogens (tertiary/aromatic N) is 2. The number of benzene rings is 3. The molecule has 0 bridgehead atoms. The average molecular weight is 407 g/mol. The van der Waals surface area contributed by atoms with Crippen molar-refractivity contribution < 1.29 is 9.47 Å². The van der Waals surface area contributed by atoms with Gasteiger partial charge in [-0.15, -0.1) is 0 Å². The molecule has 1 heterocycles. The lowest BCUT2D eigenvalue weighted by molar-refractivity contribution is 0.340. The summed E-state index contributed by atoms with van der Waals surface area (Å²) in [5.41, 5.74) is 4.17. The lowest BCUT2D eigenvalue weighted by atomic mass is 9.98. The molecule has 4 nitrogen and oxygen atoms in total. The third-order valence-corrected chi connectivity index (χ3v) is 5.33. The van der Waals surface area contributed by atoms with Gasteiger partial charge in [0.1, 0.15) is 11.5 Å². The fraction of sp³-hybridized carbons (Fsp3) is 0.208. The van der Waals surface area contributed by atoms with Gasteiger partial charge in [0.2, 0.25) is 0 Å². The summed E-state index contributed by atoms with van der Waals surface area (Å²) < 4.78 is 10.9. The lowest BCUT2D eigenvalue weighted by Gasteiger charge is -2.25. The van der Waals surface area contributed by atoms with E-state index in [1.807, 2.05) is 60.5 Å². The summed E-state index contributed by atoms with van der Waals surface area (Å²) in [7, 11) is 1.67. The van der Waals surface area contributed by atoms with Crippen LogP contribution in [0, 0.1) is 0 Å². The van der Waals surface area contributed by atoms with E-state index >= 15 is 0 Å². The van der Waals surface area contributed by atoms with Gasteiger partial charge in [0.25, 0.3) is 0 Å². The molecule has 1 aliphatic heterocycles. The van der Waals surface area contributed by atoms with E-state index < -0.39 is 0 Å². The van der Waals surface area contributed by atoms with Crippen molar-refractivity contribution in [1.29, 1.82) is 0 Å². The van der Waals surface area contributed by atoms with Crippen LogP contribution in [-0.2, 0) is 0 Å². The van der Waals surface area contributed by atoms with E-state index in [9.17, 15) is 0 Å². The first kappa shape index (κ1) is 19.3. The van der Waals surface area contributed by atoms with Gasteiger partial charge in [0.15, 0.2) is 0 Å². The Bertz CT molecular complexity index is 1000. The topological polar surface area (TPSA) is 34.1 Å². The maximum absolute atomic E-state index is 6.51. The summed E-state index contributed by atoms with van der Waals surface area (Å²) in [6, 6.07) is 24.1. The number of hydrogen-bond donors (Lipinski definition) is 0. The van der Waals surface area contributed by atoms with Gasteiger partial charge in [-0.2, -0.15) is 5.10 Å². The van der Waals surface area contributed by atoms with E-state index in [4.69, 9.17) is 26.2 Å². The molecule has 3 aromatic rings. The second kappa shape index (κ2) is 8.58. The number of hydrazone groups is 1. The zero-order valence-electron chi connectivity index (χ0n) is 16.5. The molecule has 0 N–H and O–H groups in total. The molecule has 4 rings (SSSR count). The minimum absolute atomic E-state index is 0.0578. The van der Waals surface area contributed by atoms with E-state index in [-0.39, 0.29) is 6.04 Å². The molecule has 3 aromatic carbocycles. The van der Waals surface area contributed by atoms with Gasteiger partial charge >= 0.3 is 0 Å². The van der Waals surface area contributed by atoms with Crippen LogP contribution in [0.25, 0.3) is 0 Å². The molecule has 148 valence electrons. The number of halogens is 1. The van der Waals surface area contributed by atoms with Crippen molar-refractivity contribution in [2.75, 3.05) is 18.7 Å². The predicted molar refractivity (Wildman–Crippen MR) is 118 cm³/mol. The summed E-state index contributed by atoms with van der Waals surface area (Å²) in [5.74, 6) is 1.70. The molecule has 29 heavy (non-hydrogen) atoms. The molecule has 0 aromatic heterocycles. The lowest BCUT2D eigenvalue weighted by Crippen LogP contribution is -2.18. The van der Waals surface area contributed by atoms with Gasteiger partial charge < -0.3 is 9.47 Å². The Morgan fingerprint density at radius 2 is 1.66 bits per heavy atom. The van der Waals surface area contributed by atoms with Crippen molar-refractivity contribution >= 4 is 23.0 Å². The molecule has 0 fully saturated rings. The molecule has 0 unspecified atom stereocenters. The summed E-state index contributed by atoms with van der Waals surface area (Å²) in [6.07, 6.45) is 0.783. The molecule has 0 radical (unpaired) electrons. The van der Waals surface area contributed by atoms with Crippen LogP contribution in [0.2, 0.25) is 5.02 Å². The van der Waals surface area contributed by atoms with Gasteiger partial charge in [-0.25, -0.2) is 0 Å². The molecule has 0 spiro atoms. The van der Waals surface area contributed by atoms with Crippen molar-refractivity contribution in [3.05, 3.63) is 88.9 Å². The standard InChI is InChI=1S/C24H23ClN2O2/c1-3-29-20-14-8-17(9-15-20)22-16-24(18-10-12-19(28-2)13-11-18)27(26-22)23-7-5-4-6-21(23)25/h4-15,24H,3,16H2,1-2H3/t24-/m0/s1. The third kappa shape index (κ3) is 4.08. The molecule has 1 aliphatic rings. The molecular formula is C24H23ClN2O2. The Kier molecular flexibility index (Phi) is 5.72. The van der Waals surface area contributed by atoms with Gasteiger partial charge in [0, 0.05) is 6.42 Å². The maximum Gasteiger partial charge on any atom is 0.119 e. The minimum Gasteiger partial charge on any atom is -0.497 e. The van der Waals surface area contributed by atoms with Crippen LogP contribution < -0.4 is 14.5 Å². The first-order chi connectivity index (χ1) is 14.2. The summed E-state index contributed by atoms with van der Waals surface area (Å²) in [5, 5.41) is 7.67. The van der Waals surface area contributed by atoms with E-state index in [1.54, 1.807) is 7.11 Å². The number of ether oxygens (including phenoxy) is 2. The highest BCUT2D eigenvalue weighted by Gasteiger charge is 2.31. The second-order valence-corrected chi connectivity index (χ2v) is 7.20. The fourth-order valence-electron chi connectivity index (χ4n) is 3.54. The van der Waals surface area contributed by atoms with Crippen molar-refractivity contribution in [2.24, 2.45) is 5.10 Å². The Morgan fingerprint density at radius 1 is 0.966 bits per heavy atom. The summed E-state index contributed by atoms with van der Waals surface area (Å²) in [4.78, 5) is 0. The van der Waals surface area contributed by atoms with Gasteiger partial charge in [-0.1, -0.05) is 35.9 Å². The largest absolute Gasteiger partial charge is 0.497 e. The fourth-order valence-corrected chi connectivity index (χ4v) is 3.76. The first-order valence-electron chi connectivity index (χ1n) is 9.68. The van der Waals surface area contributed by atoms with Gasteiger partial charge in [-0.05, 0) is 66.6 Å². The summed E-state index contributed by atoms with van der Waals surface area (Å²) >= 11 is 6.51. The maximum atomic E-state index is 6.51. The normalized spacial score (nSPS) is 15.9. The van der Waals surface area contributed by atoms with Gasteiger partial charge in [0.05, 0.1) is 36.2 Å². The van der Waals surface area contributed by atoms with Crippen molar-refractivity contribution in [3.8, 4) is 11.5 Å². The highest BCUT2D eigenvalue weighted by molar-refractivity contribution is 6.33. The number of methoxy groups -OCH3 is 1. The number of rotatable bonds is 6. The number of anilines is 1. The van der Waals surface area contributed by atoms with E-state index in [2.05, 4.69) is 24.3 Å². The zero-order chi connectivity index (χ0) is 20.2. The van der Waals surface area contributed by atoms with Gasteiger partial charge in [-0.3, -0.25) is 5.01 Å². The molecule has 0 aliphatic carbocycles. The molecule has 0 saturated carbocycles. The molecular weight excluding hydrogens is 384 g/mol. The predicted octanol–water partition coefficient (Wildman–Crippen LogP) is 6.10. The smallest absolute Gasteiger partial charge is 0.119 e. The van der Waals surface area contributed by atoms with Crippen molar-refractivity contribution in [2.45, 2.75) is 19.4 Å². The summed E-state index contributed by atoms with van der Waals surface area (Å²) in [6.45, 7) is 2.63. The Morgan fingerprint density at radius 3 is 2.31 bits per heavy atom. The Hall–Kier alpha value is -2.98. The van der Waals surface area contributed by atoms with E-state index in [0.717, 1.165) is 40.4 Å². The van der Waals surface area contributed by atoms with Crippen molar-refractivity contribution in [3.63, 3.8) is 0 Å². The van der Waals surface area contributed by atoms with Crippen LogP contribution in [-0.4, -0.2) is 19.4 Å². The minimum atomic E-state index is 0.0578. The highest BCUT2D eigenvalue weighted by Crippen LogP contribution is 2.40. The van der Waals surface area contributed by atoms with Crippen LogP contribution in [0.1, 0.15) is 30.5 Å². The quantitative estimate of drug-likeness (QED) is 0.495. The SMILES string of the molecule is CCOc1ccc(C2=NN(c3ccccc3Cl)[C@H](c3ccc(OC)cc3)C2)cc1. The number of para-hydroxylation sites is 1. The molecule has 1 atom stereocenters. The average Bonchev–Trinajstić information content (AvgIpc) is 3.20. The molecule has 0 amide bonds. The molecule has 5 heteroatoms. The van der Waals surface area contributed by atoms with Crippen LogP contribution in [0.5, 0.6) is 11.5 Å². The molecule has 0 saturated heterocycles. The Labute approximate surface area is 176 Å². The van der Waals surface area contributed by atoms with Crippen LogP contribution in [0.4, 0.5) is 5.69 Å². The zero-order valence-corrected chi connectivity index (χ0v) is 17.3. The second-order valence-electron chi connectivity index (χ2n) is 6.79. The monoisotopic (exact) mass is 406 g/mol. The third-order valence-electron chi connectivity index (χ3n) is 5.01. The highest BCUT2D eigenvalue weighted by atomic mass is 35.5. The van der Waals surface area contributed by atoms with E-state index in [0.29, 0.717) is 11.6 Å². The van der Waals surface area contributed by atoms with Crippen molar-refractivity contribution in [1.82, 2.24) is 0 Å². The van der Waals surface area contributed by atoms with Crippen LogP contribution in [0.15, 0.2) is 77.9 Å². The number of hydrogen-bond acceptors (Lipinski definition) is 4. The van der Waals surface area contributed by atoms with Crippen LogP contribution >= 0.6 is 11.6 Å². The first-order valence-corrected chi connectivity index (χ1v) is 10.1. The van der Waals surface area contributed by atoms with E-state index in [1.165, 1.54) is 0 Å². The Balaban J connectivity index is 1.70. The van der Waals surface area contributed by atoms with Crippen LogP contribution in [0.3, 0.4) is 0 Å².